The number of rotatable bonds is 6. The standard InChI is InChI=1S/C25H28N2O3S/c1-17-15-20(11-13-23(17)31(2,29)30)21(16-18-7-3-4-8-18)25(28)27-24-14-12-19-9-5-6-10-22(19)26-24/h5-6,9-15,18,21H,3-4,7-8,16H2,1-2H3,(H,26,27,28). The summed E-state index contributed by atoms with van der Waals surface area (Å²) in [6.45, 7) is 1.79. The number of aryl methyl sites for hydroxylation is 1. The Morgan fingerprint density at radius 3 is 2.55 bits per heavy atom. The number of hydrogen-bond acceptors (Lipinski definition) is 4. The maximum atomic E-state index is 13.4. The summed E-state index contributed by atoms with van der Waals surface area (Å²) >= 11 is 0. The number of amides is 1. The van der Waals surface area contributed by atoms with Crippen LogP contribution in [0.2, 0.25) is 0 Å². The number of benzene rings is 2. The SMILES string of the molecule is Cc1cc(C(CC2CCCC2)C(=O)Nc2ccc3ccccc3n2)ccc1S(C)(=O)=O. The van der Waals surface area contributed by atoms with Gasteiger partial charge in [-0.15, -0.1) is 0 Å². The van der Waals surface area contributed by atoms with E-state index >= 15 is 0 Å². The van der Waals surface area contributed by atoms with Crippen LogP contribution in [0.15, 0.2) is 59.5 Å². The van der Waals surface area contributed by atoms with Gasteiger partial charge in [-0.1, -0.05) is 56.0 Å². The third-order valence-corrected chi connectivity index (χ3v) is 7.47. The third kappa shape index (κ3) is 4.96. The lowest BCUT2D eigenvalue weighted by atomic mass is 9.86. The highest BCUT2D eigenvalue weighted by molar-refractivity contribution is 7.90. The molecule has 1 aliphatic rings. The summed E-state index contributed by atoms with van der Waals surface area (Å²) in [5, 5.41) is 4.03. The monoisotopic (exact) mass is 436 g/mol. The van der Waals surface area contributed by atoms with Crippen molar-refractivity contribution in [3.05, 3.63) is 65.7 Å². The van der Waals surface area contributed by atoms with E-state index in [2.05, 4.69) is 10.3 Å². The van der Waals surface area contributed by atoms with Gasteiger partial charge in [-0.2, -0.15) is 0 Å². The fourth-order valence-corrected chi connectivity index (χ4v) is 5.59. The predicted octanol–water partition coefficient (Wildman–Crippen LogP) is 5.25. The van der Waals surface area contributed by atoms with E-state index < -0.39 is 9.84 Å². The molecule has 6 heteroatoms. The van der Waals surface area contributed by atoms with Gasteiger partial charge >= 0.3 is 0 Å². The molecule has 31 heavy (non-hydrogen) atoms. The largest absolute Gasteiger partial charge is 0.310 e. The summed E-state index contributed by atoms with van der Waals surface area (Å²) in [5.41, 5.74) is 2.36. The zero-order valence-corrected chi connectivity index (χ0v) is 18.8. The number of anilines is 1. The molecule has 3 aromatic rings. The van der Waals surface area contributed by atoms with Crippen LogP contribution in [0.1, 0.15) is 49.1 Å². The van der Waals surface area contributed by atoms with Gasteiger partial charge in [0.2, 0.25) is 5.91 Å². The second-order valence-electron chi connectivity index (χ2n) is 8.61. The van der Waals surface area contributed by atoms with Crippen LogP contribution in [0.5, 0.6) is 0 Å². The first-order chi connectivity index (χ1) is 14.8. The lowest BCUT2D eigenvalue weighted by molar-refractivity contribution is -0.118. The molecule has 1 amide bonds. The number of aromatic nitrogens is 1. The zero-order valence-electron chi connectivity index (χ0n) is 18.0. The van der Waals surface area contributed by atoms with Crippen molar-refractivity contribution in [1.82, 2.24) is 4.98 Å². The van der Waals surface area contributed by atoms with Crippen molar-refractivity contribution in [2.75, 3.05) is 11.6 Å². The molecule has 1 aromatic heterocycles. The summed E-state index contributed by atoms with van der Waals surface area (Å²) in [6.07, 6.45) is 6.66. The smallest absolute Gasteiger partial charge is 0.233 e. The van der Waals surface area contributed by atoms with E-state index in [4.69, 9.17) is 0 Å². The minimum Gasteiger partial charge on any atom is -0.310 e. The number of para-hydroxylation sites is 1. The van der Waals surface area contributed by atoms with Gasteiger partial charge < -0.3 is 5.32 Å². The van der Waals surface area contributed by atoms with Crippen LogP contribution < -0.4 is 5.32 Å². The maximum Gasteiger partial charge on any atom is 0.233 e. The van der Waals surface area contributed by atoms with Crippen LogP contribution in [0.25, 0.3) is 10.9 Å². The molecule has 4 rings (SSSR count). The van der Waals surface area contributed by atoms with E-state index in [-0.39, 0.29) is 11.8 Å². The van der Waals surface area contributed by atoms with Crippen LogP contribution in [-0.4, -0.2) is 25.6 Å². The van der Waals surface area contributed by atoms with Gasteiger partial charge in [-0.3, -0.25) is 4.79 Å². The highest BCUT2D eigenvalue weighted by Gasteiger charge is 2.28. The van der Waals surface area contributed by atoms with Crippen molar-refractivity contribution in [2.24, 2.45) is 5.92 Å². The van der Waals surface area contributed by atoms with E-state index in [0.717, 1.165) is 35.7 Å². The highest BCUT2D eigenvalue weighted by atomic mass is 32.2. The van der Waals surface area contributed by atoms with Crippen LogP contribution in [0.4, 0.5) is 5.82 Å². The van der Waals surface area contributed by atoms with Gasteiger partial charge in [0.05, 0.1) is 16.3 Å². The van der Waals surface area contributed by atoms with E-state index in [1.54, 1.807) is 19.1 Å². The number of nitrogens with one attached hydrogen (secondary N) is 1. The van der Waals surface area contributed by atoms with Gasteiger partial charge in [0.1, 0.15) is 5.82 Å². The lowest BCUT2D eigenvalue weighted by Crippen LogP contribution is -2.24. The first-order valence-electron chi connectivity index (χ1n) is 10.8. The molecule has 1 aliphatic carbocycles. The van der Waals surface area contributed by atoms with Crippen LogP contribution in [0, 0.1) is 12.8 Å². The predicted molar refractivity (Wildman–Crippen MR) is 124 cm³/mol. The Kier molecular flexibility index (Phi) is 6.10. The zero-order chi connectivity index (χ0) is 22.0. The van der Waals surface area contributed by atoms with Crippen LogP contribution in [0.3, 0.4) is 0 Å². The normalized spacial score (nSPS) is 15.8. The maximum absolute atomic E-state index is 13.4. The molecule has 0 bridgehead atoms. The van der Waals surface area contributed by atoms with Gasteiger partial charge in [0.25, 0.3) is 0 Å². The molecule has 1 saturated carbocycles. The van der Waals surface area contributed by atoms with Crippen molar-refractivity contribution in [3.8, 4) is 0 Å². The molecule has 1 fully saturated rings. The Morgan fingerprint density at radius 1 is 1.10 bits per heavy atom. The minimum absolute atomic E-state index is 0.0961. The first kappa shape index (κ1) is 21.5. The molecular weight excluding hydrogens is 408 g/mol. The van der Waals surface area contributed by atoms with Gasteiger partial charge in [-0.25, -0.2) is 13.4 Å². The summed E-state index contributed by atoms with van der Waals surface area (Å²) in [4.78, 5) is 18.2. The number of fused-ring (bicyclic) bond motifs is 1. The van der Waals surface area contributed by atoms with Crippen LogP contribution >= 0.6 is 0 Å². The first-order valence-corrected chi connectivity index (χ1v) is 12.7. The quantitative estimate of drug-likeness (QED) is 0.573. The molecule has 0 spiro atoms. The average Bonchev–Trinajstić information content (AvgIpc) is 3.24. The fourth-order valence-electron chi connectivity index (χ4n) is 4.63. The Bertz CT molecular complexity index is 1210. The summed E-state index contributed by atoms with van der Waals surface area (Å²) in [5.74, 6) is 0.602. The van der Waals surface area contributed by atoms with Crippen molar-refractivity contribution in [1.29, 1.82) is 0 Å². The molecular formula is C25H28N2O3S. The Hall–Kier alpha value is -2.73. The summed E-state index contributed by atoms with van der Waals surface area (Å²) < 4.78 is 24.0. The Balaban J connectivity index is 1.63. The summed E-state index contributed by atoms with van der Waals surface area (Å²) in [6, 6.07) is 16.8. The second kappa shape index (κ2) is 8.79. The van der Waals surface area contributed by atoms with Gasteiger partial charge in [-0.05, 0) is 54.7 Å². The Labute approximate surface area is 183 Å². The van der Waals surface area contributed by atoms with E-state index in [1.165, 1.54) is 19.1 Å². The number of hydrogen-bond donors (Lipinski definition) is 1. The Morgan fingerprint density at radius 2 is 1.84 bits per heavy atom. The number of sulfone groups is 1. The molecule has 1 heterocycles. The van der Waals surface area contributed by atoms with Crippen molar-refractivity contribution in [2.45, 2.75) is 49.8 Å². The molecule has 1 atom stereocenters. The molecule has 0 aliphatic heterocycles. The molecule has 1 unspecified atom stereocenters. The lowest BCUT2D eigenvalue weighted by Gasteiger charge is -2.21. The molecule has 162 valence electrons. The highest BCUT2D eigenvalue weighted by Crippen LogP contribution is 2.35. The van der Waals surface area contributed by atoms with Crippen molar-refractivity contribution >= 4 is 32.5 Å². The molecule has 5 nitrogen and oxygen atoms in total. The number of carbonyl (C=O) groups excluding carboxylic acids is 1. The third-order valence-electron chi connectivity index (χ3n) is 6.21. The van der Waals surface area contributed by atoms with Gasteiger partial charge in [0.15, 0.2) is 9.84 Å². The minimum atomic E-state index is -3.30. The van der Waals surface area contributed by atoms with Gasteiger partial charge in [0, 0.05) is 11.6 Å². The van der Waals surface area contributed by atoms with Crippen molar-refractivity contribution < 1.29 is 13.2 Å². The number of carbonyl (C=O) groups is 1. The molecule has 0 radical (unpaired) electrons. The second-order valence-corrected chi connectivity index (χ2v) is 10.6. The average molecular weight is 437 g/mol. The topological polar surface area (TPSA) is 76.1 Å². The van der Waals surface area contributed by atoms with E-state index in [1.807, 2.05) is 42.5 Å². The summed E-state index contributed by atoms with van der Waals surface area (Å²) in [7, 11) is -3.30. The molecule has 2 aromatic carbocycles. The fraction of sp³-hybridized carbons (Fsp3) is 0.360. The van der Waals surface area contributed by atoms with E-state index in [9.17, 15) is 13.2 Å². The van der Waals surface area contributed by atoms with Crippen molar-refractivity contribution in [3.63, 3.8) is 0 Å². The molecule has 0 saturated heterocycles. The number of pyridine rings is 1. The molecule has 1 N–H and O–H groups in total. The number of nitrogens with zero attached hydrogens (tertiary/aromatic N) is 1. The van der Waals surface area contributed by atoms with E-state index in [0.29, 0.717) is 22.2 Å². The van der Waals surface area contributed by atoms with Crippen LogP contribution in [-0.2, 0) is 14.6 Å².